The molecule has 1 aromatic rings. The second-order valence-corrected chi connectivity index (χ2v) is 5.16. The van der Waals surface area contributed by atoms with E-state index in [1.807, 2.05) is 24.3 Å². The summed E-state index contributed by atoms with van der Waals surface area (Å²) in [4.78, 5) is 0. The molecule has 0 aromatic heterocycles. The molecule has 0 spiro atoms. The van der Waals surface area contributed by atoms with Gasteiger partial charge in [-0.15, -0.1) is 0 Å². The van der Waals surface area contributed by atoms with E-state index in [9.17, 15) is 0 Å². The maximum atomic E-state index is 6.15. The molecule has 2 nitrogen and oxygen atoms in total. The summed E-state index contributed by atoms with van der Waals surface area (Å²) >= 11 is 5.85. The van der Waals surface area contributed by atoms with Crippen LogP contribution in [-0.4, -0.2) is 12.7 Å². The van der Waals surface area contributed by atoms with Crippen LogP contribution < -0.4 is 5.73 Å². The number of hydrogen-bond acceptors (Lipinski definition) is 2. The average Bonchev–Trinajstić information content (AvgIpc) is 2.83. The summed E-state index contributed by atoms with van der Waals surface area (Å²) < 4.78 is 5.60. The van der Waals surface area contributed by atoms with Gasteiger partial charge in [0.1, 0.15) is 0 Å². The highest BCUT2D eigenvalue weighted by atomic mass is 35.5. The number of nitrogens with two attached hydrogens (primary N) is 1. The van der Waals surface area contributed by atoms with Gasteiger partial charge in [-0.25, -0.2) is 0 Å². The number of ether oxygens (including phenoxy) is 1. The summed E-state index contributed by atoms with van der Waals surface area (Å²) in [6.07, 6.45) is 6.20. The third kappa shape index (κ3) is 3.98. The Kier molecular flexibility index (Phi) is 4.84. The predicted octanol–water partition coefficient (Wildman–Crippen LogP) is 3.69. The third-order valence-corrected chi connectivity index (χ3v) is 3.62. The SMILES string of the molecule is NC(CCCC1CCCO1)c1ccc(Cl)cc1. The number of benzene rings is 1. The summed E-state index contributed by atoms with van der Waals surface area (Å²) in [5.41, 5.74) is 7.31. The van der Waals surface area contributed by atoms with Gasteiger partial charge in [0.05, 0.1) is 6.10 Å². The molecule has 2 rings (SSSR count). The Morgan fingerprint density at radius 2 is 2.12 bits per heavy atom. The zero-order chi connectivity index (χ0) is 12.1. The zero-order valence-corrected chi connectivity index (χ0v) is 10.8. The van der Waals surface area contributed by atoms with Crippen molar-refractivity contribution in [2.75, 3.05) is 6.61 Å². The van der Waals surface area contributed by atoms with Crippen molar-refractivity contribution < 1.29 is 4.74 Å². The molecule has 1 fully saturated rings. The lowest BCUT2D eigenvalue weighted by Gasteiger charge is -2.14. The monoisotopic (exact) mass is 253 g/mol. The molecule has 17 heavy (non-hydrogen) atoms. The van der Waals surface area contributed by atoms with Gasteiger partial charge in [0, 0.05) is 17.7 Å². The molecule has 1 aliphatic rings. The molecule has 1 saturated heterocycles. The second kappa shape index (κ2) is 6.39. The predicted molar refractivity (Wildman–Crippen MR) is 71.2 cm³/mol. The summed E-state index contributed by atoms with van der Waals surface area (Å²) in [6.45, 7) is 0.938. The van der Waals surface area contributed by atoms with E-state index in [4.69, 9.17) is 22.1 Å². The molecule has 1 aliphatic heterocycles. The molecule has 2 unspecified atom stereocenters. The fourth-order valence-corrected chi connectivity index (χ4v) is 2.44. The standard InChI is InChI=1S/C14H20ClNO/c15-12-8-6-11(7-9-12)14(16)5-1-3-13-4-2-10-17-13/h6-9,13-14H,1-5,10,16H2. The maximum absolute atomic E-state index is 6.15. The minimum Gasteiger partial charge on any atom is -0.378 e. The summed E-state index contributed by atoms with van der Waals surface area (Å²) in [5, 5.41) is 0.764. The first-order valence-corrected chi connectivity index (χ1v) is 6.76. The van der Waals surface area contributed by atoms with Gasteiger partial charge in [0.25, 0.3) is 0 Å². The fraction of sp³-hybridized carbons (Fsp3) is 0.571. The largest absolute Gasteiger partial charge is 0.378 e. The Morgan fingerprint density at radius 1 is 1.35 bits per heavy atom. The molecule has 0 amide bonds. The molecule has 0 bridgehead atoms. The summed E-state index contributed by atoms with van der Waals surface area (Å²) in [5.74, 6) is 0. The zero-order valence-electron chi connectivity index (χ0n) is 10.1. The van der Waals surface area contributed by atoms with Crippen LogP contribution in [0.5, 0.6) is 0 Å². The number of hydrogen-bond donors (Lipinski definition) is 1. The average molecular weight is 254 g/mol. The van der Waals surface area contributed by atoms with E-state index in [0.29, 0.717) is 6.10 Å². The lowest BCUT2D eigenvalue weighted by Crippen LogP contribution is -2.12. The minimum absolute atomic E-state index is 0.119. The van der Waals surface area contributed by atoms with Crippen LogP contribution in [0.25, 0.3) is 0 Å². The Morgan fingerprint density at radius 3 is 2.76 bits per heavy atom. The molecule has 3 heteroatoms. The normalized spacial score (nSPS) is 21.6. The van der Waals surface area contributed by atoms with Gasteiger partial charge in [-0.1, -0.05) is 23.7 Å². The van der Waals surface area contributed by atoms with Crippen LogP contribution in [-0.2, 0) is 4.74 Å². The van der Waals surface area contributed by atoms with Crippen LogP contribution in [0.3, 0.4) is 0 Å². The van der Waals surface area contributed by atoms with Crippen molar-refractivity contribution in [3.63, 3.8) is 0 Å². The van der Waals surface area contributed by atoms with Gasteiger partial charge in [0.15, 0.2) is 0 Å². The van der Waals surface area contributed by atoms with Gasteiger partial charge in [-0.05, 0) is 49.8 Å². The Bertz CT molecular complexity index is 333. The van der Waals surface area contributed by atoms with Crippen LogP contribution in [0, 0.1) is 0 Å². The van der Waals surface area contributed by atoms with E-state index in [-0.39, 0.29) is 6.04 Å². The highest BCUT2D eigenvalue weighted by Crippen LogP contribution is 2.22. The van der Waals surface area contributed by atoms with E-state index in [1.165, 1.54) is 18.4 Å². The minimum atomic E-state index is 0.119. The van der Waals surface area contributed by atoms with Gasteiger partial charge >= 0.3 is 0 Å². The Balaban J connectivity index is 1.72. The molecule has 2 atom stereocenters. The summed E-state index contributed by atoms with van der Waals surface area (Å²) in [6, 6.07) is 7.94. The van der Waals surface area contributed by atoms with E-state index in [1.54, 1.807) is 0 Å². The summed E-state index contributed by atoms with van der Waals surface area (Å²) in [7, 11) is 0. The quantitative estimate of drug-likeness (QED) is 0.869. The van der Waals surface area contributed by atoms with Crippen LogP contribution in [0.15, 0.2) is 24.3 Å². The van der Waals surface area contributed by atoms with Gasteiger partial charge in [0.2, 0.25) is 0 Å². The first kappa shape index (κ1) is 12.9. The van der Waals surface area contributed by atoms with E-state index in [2.05, 4.69) is 0 Å². The Hall–Kier alpha value is -0.570. The smallest absolute Gasteiger partial charge is 0.0576 e. The molecule has 0 saturated carbocycles. The van der Waals surface area contributed by atoms with Crippen molar-refractivity contribution in [1.29, 1.82) is 0 Å². The maximum Gasteiger partial charge on any atom is 0.0576 e. The highest BCUT2D eigenvalue weighted by molar-refractivity contribution is 6.30. The first-order valence-electron chi connectivity index (χ1n) is 6.38. The highest BCUT2D eigenvalue weighted by Gasteiger charge is 2.15. The van der Waals surface area contributed by atoms with Crippen LogP contribution in [0.1, 0.15) is 43.7 Å². The van der Waals surface area contributed by atoms with Crippen LogP contribution >= 0.6 is 11.6 Å². The number of rotatable bonds is 5. The topological polar surface area (TPSA) is 35.2 Å². The lowest BCUT2D eigenvalue weighted by atomic mass is 10.0. The second-order valence-electron chi connectivity index (χ2n) is 4.72. The van der Waals surface area contributed by atoms with E-state index >= 15 is 0 Å². The molecule has 0 radical (unpaired) electrons. The molecule has 1 heterocycles. The van der Waals surface area contributed by atoms with Gasteiger partial charge < -0.3 is 10.5 Å². The lowest BCUT2D eigenvalue weighted by molar-refractivity contribution is 0.101. The molecular weight excluding hydrogens is 234 g/mol. The van der Waals surface area contributed by atoms with E-state index < -0.39 is 0 Å². The molecule has 1 aromatic carbocycles. The van der Waals surface area contributed by atoms with Gasteiger partial charge in [-0.2, -0.15) is 0 Å². The first-order chi connectivity index (χ1) is 8.25. The van der Waals surface area contributed by atoms with Crippen LogP contribution in [0.2, 0.25) is 5.02 Å². The third-order valence-electron chi connectivity index (χ3n) is 3.36. The molecular formula is C14H20ClNO. The van der Waals surface area contributed by atoms with Gasteiger partial charge in [-0.3, -0.25) is 0 Å². The molecule has 2 N–H and O–H groups in total. The Labute approximate surface area is 108 Å². The molecule has 94 valence electrons. The van der Waals surface area contributed by atoms with Crippen LogP contribution in [0.4, 0.5) is 0 Å². The van der Waals surface area contributed by atoms with Crippen molar-refractivity contribution in [2.45, 2.75) is 44.2 Å². The van der Waals surface area contributed by atoms with Crippen molar-refractivity contribution >= 4 is 11.6 Å². The fourth-order valence-electron chi connectivity index (χ4n) is 2.31. The molecule has 0 aliphatic carbocycles. The van der Waals surface area contributed by atoms with Crippen molar-refractivity contribution in [3.05, 3.63) is 34.9 Å². The van der Waals surface area contributed by atoms with Crippen molar-refractivity contribution in [2.24, 2.45) is 5.73 Å². The van der Waals surface area contributed by atoms with Crippen molar-refractivity contribution in [1.82, 2.24) is 0 Å². The number of halogens is 1. The van der Waals surface area contributed by atoms with Crippen molar-refractivity contribution in [3.8, 4) is 0 Å². The van der Waals surface area contributed by atoms with E-state index in [0.717, 1.165) is 30.9 Å².